The third kappa shape index (κ3) is 2.74. The van der Waals surface area contributed by atoms with E-state index in [1.807, 2.05) is 19.1 Å². The lowest BCUT2D eigenvalue weighted by Crippen LogP contribution is -2.02. The Labute approximate surface area is 105 Å². The lowest BCUT2D eigenvalue weighted by molar-refractivity contribution is 0.101. The third-order valence-electron chi connectivity index (χ3n) is 2.44. The molecule has 0 spiro atoms. The zero-order chi connectivity index (χ0) is 13.1. The van der Waals surface area contributed by atoms with Gasteiger partial charge in [0.05, 0.1) is 5.56 Å². The van der Waals surface area contributed by atoms with Crippen molar-refractivity contribution in [3.63, 3.8) is 0 Å². The molecule has 1 aromatic carbocycles. The molecular formula is C13H14N2O3. The summed E-state index contributed by atoms with van der Waals surface area (Å²) in [5.41, 5.74) is 1.58. The van der Waals surface area contributed by atoms with Crippen LogP contribution in [-0.4, -0.2) is 15.9 Å². The van der Waals surface area contributed by atoms with Gasteiger partial charge in [0, 0.05) is 0 Å². The number of nitrogens with zero attached hydrogens (tertiary/aromatic N) is 2. The minimum absolute atomic E-state index is 0.0355. The number of ether oxygens (including phenoxy) is 1. The summed E-state index contributed by atoms with van der Waals surface area (Å²) in [5.74, 6) is 1.46. The number of aromatic nitrogens is 2. The zero-order valence-corrected chi connectivity index (χ0v) is 10.6. The largest absolute Gasteiger partial charge is 0.483 e. The molecule has 94 valence electrons. The van der Waals surface area contributed by atoms with Gasteiger partial charge in [0.2, 0.25) is 0 Å². The average molecular weight is 246 g/mol. The van der Waals surface area contributed by atoms with E-state index in [1.165, 1.54) is 6.92 Å². The molecule has 18 heavy (non-hydrogen) atoms. The van der Waals surface area contributed by atoms with Crippen LogP contribution in [0.25, 0.3) is 0 Å². The van der Waals surface area contributed by atoms with Crippen molar-refractivity contribution in [2.45, 2.75) is 27.4 Å². The number of carbonyl (C=O) groups excluding carboxylic acids is 1. The molecule has 1 aromatic heterocycles. The quantitative estimate of drug-likeness (QED) is 0.775. The van der Waals surface area contributed by atoms with E-state index >= 15 is 0 Å². The number of ketones is 1. The summed E-state index contributed by atoms with van der Waals surface area (Å²) >= 11 is 0. The molecule has 0 saturated heterocycles. The maximum atomic E-state index is 11.5. The molecule has 0 atom stereocenters. The normalized spacial score (nSPS) is 10.4. The molecule has 1 heterocycles. The maximum Gasteiger partial charge on any atom is 0.264 e. The standard InChI is InChI=1S/C13H14N2O3/c1-8-4-5-11(9(2)16)12(6-8)17-7-13-14-10(3)15-18-13/h4-6H,7H2,1-3H3. The molecule has 0 saturated carbocycles. The Hall–Kier alpha value is -2.17. The van der Waals surface area contributed by atoms with Gasteiger partial charge in [-0.3, -0.25) is 4.79 Å². The minimum atomic E-state index is -0.0355. The van der Waals surface area contributed by atoms with Gasteiger partial charge in [-0.15, -0.1) is 0 Å². The number of rotatable bonds is 4. The second-order valence-electron chi connectivity index (χ2n) is 4.08. The van der Waals surface area contributed by atoms with Crippen LogP contribution in [0.2, 0.25) is 0 Å². The van der Waals surface area contributed by atoms with Gasteiger partial charge in [0.25, 0.3) is 5.89 Å². The molecule has 0 radical (unpaired) electrons. The van der Waals surface area contributed by atoms with Crippen LogP contribution in [0.1, 0.15) is 34.6 Å². The molecular weight excluding hydrogens is 232 g/mol. The fraction of sp³-hybridized carbons (Fsp3) is 0.308. The molecule has 0 N–H and O–H groups in total. The highest BCUT2D eigenvalue weighted by atomic mass is 16.5. The first-order chi connectivity index (χ1) is 8.56. The first-order valence-electron chi connectivity index (χ1n) is 5.60. The highest BCUT2D eigenvalue weighted by Crippen LogP contribution is 2.21. The SMILES string of the molecule is CC(=O)c1ccc(C)cc1OCc1nc(C)no1. The molecule has 2 aromatic rings. The Kier molecular flexibility index (Phi) is 3.41. The van der Waals surface area contributed by atoms with Crippen molar-refractivity contribution in [3.8, 4) is 5.75 Å². The van der Waals surface area contributed by atoms with Crippen molar-refractivity contribution in [2.24, 2.45) is 0 Å². The van der Waals surface area contributed by atoms with E-state index in [9.17, 15) is 4.79 Å². The van der Waals surface area contributed by atoms with Gasteiger partial charge in [0.1, 0.15) is 5.75 Å². The van der Waals surface area contributed by atoms with Crippen LogP contribution in [0.15, 0.2) is 22.7 Å². The lowest BCUT2D eigenvalue weighted by Gasteiger charge is -2.08. The Bertz CT molecular complexity index is 575. The van der Waals surface area contributed by atoms with Crippen molar-refractivity contribution in [1.82, 2.24) is 10.1 Å². The zero-order valence-electron chi connectivity index (χ0n) is 10.6. The Morgan fingerprint density at radius 1 is 1.39 bits per heavy atom. The second kappa shape index (κ2) is 5.00. The molecule has 0 bridgehead atoms. The summed E-state index contributed by atoms with van der Waals surface area (Å²) in [6.07, 6.45) is 0. The Morgan fingerprint density at radius 3 is 2.78 bits per heavy atom. The number of hydrogen-bond acceptors (Lipinski definition) is 5. The molecule has 0 aliphatic carbocycles. The van der Waals surface area contributed by atoms with E-state index in [4.69, 9.17) is 9.26 Å². The number of aryl methyl sites for hydroxylation is 2. The second-order valence-corrected chi connectivity index (χ2v) is 4.08. The fourth-order valence-corrected chi connectivity index (χ4v) is 1.58. The molecule has 5 heteroatoms. The van der Waals surface area contributed by atoms with Crippen molar-refractivity contribution >= 4 is 5.78 Å². The van der Waals surface area contributed by atoms with Crippen LogP contribution in [0.5, 0.6) is 5.75 Å². The van der Waals surface area contributed by atoms with Gasteiger partial charge in [-0.2, -0.15) is 4.98 Å². The molecule has 0 unspecified atom stereocenters. The molecule has 5 nitrogen and oxygen atoms in total. The van der Waals surface area contributed by atoms with Crippen LogP contribution in [0.3, 0.4) is 0 Å². The number of Topliss-reactive ketones (excluding diaryl/α,β-unsaturated/α-hetero) is 1. The first-order valence-corrected chi connectivity index (χ1v) is 5.60. The highest BCUT2D eigenvalue weighted by Gasteiger charge is 2.10. The average Bonchev–Trinajstić information content (AvgIpc) is 2.72. The van der Waals surface area contributed by atoms with E-state index in [0.29, 0.717) is 23.0 Å². The van der Waals surface area contributed by atoms with Crippen LogP contribution >= 0.6 is 0 Å². The summed E-state index contributed by atoms with van der Waals surface area (Å²) in [5, 5.41) is 3.67. The molecule has 2 rings (SSSR count). The van der Waals surface area contributed by atoms with Crippen molar-refractivity contribution in [3.05, 3.63) is 41.0 Å². The molecule has 0 aliphatic rings. The van der Waals surface area contributed by atoms with Crippen molar-refractivity contribution in [1.29, 1.82) is 0 Å². The predicted octanol–water partition coefficient (Wildman–Crippen LogP) is 2.47. The van der Waals surface area contributed by atoms with Crippen LogP contribution in [-0.2, 0) is 6.61 Å². The monoisotopic (exact) mass is 246 g/mol. The summed E-state index contributed by atoms with van der Waals surface area (Å²) < 4.78 is 10.5. The van der Waals surface area contributed by atoms with Crippen LogP contribution < -0.4 is 4.74 Å². The van der Waals surface area contributed by atoms with Gasteiger partial charge in [-0.1, -0.05) is 11.2 Å². The summed E-state index contributed by atoms with van der Waals surface area (Å²) in [7, 11) is 0. The third-order valence-corrected chi connectivity index (χ3v) is 2.44. The van der Waals surface area contributed by atoms with E-state index < -0.39 is 0 Å². The van der Waals surface area contributed by atoms with Crippen LogP contribution in [0, 0.1) is 13.8 Å². The van der Waals surface area contributed by atoms with Gasteiger partial charge in [-0.25, -0.2) is 0 Å². The topological polar surface area (TPSA) is 65.2 Å². The number of benzene rings is 1. The van der Waals surface area contributed by atoms with E-state index in [0.717, 1.165) is 5.56 Å². The predicted molar refractivity (Wildman–Crippen MR) is 64.6 cm³/mol. The van der Waals surface area contributed by atoms with E-state index in [1.54, 1.807) is 13.0 Å². The summed E-state index contributed by atoms with van der Waals surface area (Å²) in [4.78, 5) is 15.5. The van der Waals surface area contributed by atoms with E-state index in [2.05, 4.69) is 10.1 Å². The van der Waals surface area contributed by atoms with Crippen LogP contribution in [0.4, 0.5) is 0 Å². The lowest BCUT2D eigenvalue weighted by atomic mass is 10.1. The Balaban J connectivity index is 2.17. The van der Waals surface area contributed by atoms with Gasteiger partial charge >= 0.3 is 0 Å². The molecule has 0 aliphatic heterocycles. The van der Waals surface area contributed by atoms with Gasteiger partial charge in [0.15, 0.2) is 18.2 Å². The van der Waals surface area contributed by atoms with Gasteiger partial charge < -0.3 is 9.26 Å². The maximum absolute atomic E-state index is 11.5. The molecule has 0 fully saturated rings. The Morgan fingerprint density at radius 2 is 2.17 bits per heavy atom. The highest BCUT2D eigenvalue weighted by molar-refractivity contribution is 5.96. The number of hydrogen-bond donors (Lipinski definition) is 0. The molecule has 0 amide bonds. The van der Waals surface area contributed by atoms with E-state index in [-0.39, 0.29) is 12.4 Å². The first kappa shape index (κ1) is 12.3. The number of carbonyl (C=O) groups is 1. The minimum Gasteiger partial charge on any atom is -0.483 e. The van der Waals surface area contributed by atoms with Crippen molar-refractivity contribution in [2.75, 3.05) is 0 Å². The fourth-order valence-electron chi connectivity index (χ4n) is 1.58. The van der Waals surface area contributed by atoms with Gasteiger partial charge in [-0.05, 0) is 38.5 Å². The summed E-state index contributed by atoms with van der Waals surface area (Å²) in [6.45, 7) is 5.34. The van der Waals surface area contributed by atoms with Crippen molar-refractivity contribution < 1.29 is 14.1 Å². The smallest absolute Gasteiger partial charge is 0.264 e. The summed E-state index contributed by atoms with van der Waals surface area (Å²) in [6, 6.07) is 5.45.